The summed E-state index contributed by atoms with van der Waals surface area (Å²) in [5, 5.41) is 2.80. The Morgan fingerprint density at radius 2 is 1.97 bits per heavy atom. The first-order valence-corrected chi connectivity index (χ1v) is 13.0. The van der Waals surface area contributed by atoms with Crippen LogP contribution in [0.25, 0.3) is 5.95 Å². The molecule has 3 heterocycles. The SMILES string of the molecule is CCCCOC(=O)N1CCN(c2cc(C(C)C)nc(-n3ccnc3)n2)C(C(=O)NCc2ccc(F)c(F)c2)C1. The van der Waals surface area contributed by atoms with Crippen LogP contribution in [0.2, 0.25) is 0 Å². The molecule has 39 heavy (non-hydrogen) atoms. The molecule has 1 aliphatic heterocycles. The second-order valence-electron chi connectivity index (χ2n) is 9.67. The molecule has 10 nitrogen and oxygen atoms in total. The van der Waals surface area contributed by atoms with Gasteiger partial charge < -0.3 is 19.9 Å². The molecule has 12 heteroatoms. The predicted molar refractivity (Wildman–Crippen MR) is 140 cm³/mol. The summed E-state index contributed by atoms with van der Waals surface area (Å²) in [6.07, 6.45) is 6.12. The Labute approximate surface area is 226 Å². The first-order chi connectivity index (χ1) is 18.8. The Bertz CT molecular complexity index is 1290. The minimum atomic E-state index is -0.990. The van der Waals surface area contributed by atoms with Crippen LogP contribution in [0.4, 0.5) is 19.4 Å². The zero-order chi connectivity index (χ0) is 27.9. The molecule has 4 rings (SSSR count). The lowest BCUT2D eigenvalue weighted by molar-refractivity contribution is -0.123. The van der Waals surface area contributed by atoms with Crippen molar-refractivity contribution in [1.29, 1.82) is 0 Å². The number of aromatic nitrogens is 4. The summed E-state index contributed by atoms with van der Waals surface area (Å²) in [6.45, 7) is 7.05. The van der Waals surface area contributed by atoms with Gasteiger partial charge in [0.2, 0.25) is 11.9 Å². The van der Waals surface area contributed by atoms with Crippen LogP contribution in [0.1, 0.15) is 50.8 Å². The van der Waals surface area contributed by atoms with Gasteiger partial charge in [-0.3, -0.25) is 9.36 Å². The van der Waals surface area contributed by atoms with Gasteiger partial charge in [-0.2, -0.15) is 4.98 Å². The number of hydrogen-bond donors (Lipinski definition) is 1. The number of hydrogen-bond acceptors (Lipinski definition) is 7. The van der Waals surface area contributed by atoms with Gasteiger partial charge in [-0.25, -0.2) is 23.5 Å². The number of anilines is 1. The van der Waals surface area contributed by atoms with Crippen molar-refractivity contribution in [2.24, 2.45) is 0 Å². The van der Waals surface area contributed by atoms with E-state index in [-0.39, 0.29) is 24.9 Å². The molecule has 0 aliphatic carbocycles. The third kappa shape index (κ3) is 6.87. The molecule has 0 spiro atoms. The number of benzene rings is 1. The highest BCUT2D eigenvalue weighted by molar-refractivity contribution is 5.86. The van der Waals surface area contributed by atoms with Crippen molar-refractivity contribution in [3.63, 3.8) is 0 Å². The summed E-state index contributed by atoms with van der Waals surface area (Å²) in [5.41, 5.74) is 1.19. The molecular formula is C27H33F2N7O3. The molecule has 2 amide bonds. The lowest BCUT2D eigenvalue weighted by atomic mass is 10.1. The van der Waals surface area contributed by atoms with Crippen LogP contribution in [0, 0.1) is 11.6 Å². The molecule has 1 unspecified atom stereocenters. The van der Waals surface area contributed by atoms with Crippen LogP contribution in [0.15, 0.2) is 43.0 Å². The lowest BCUT2D eigenvalue weighted by Gasteiger charge is -2.40. The zero-order valence-electron chi connectivity index (χ0n) is 22.3. The van der Waals surface area contributed by atoms with Crippen molar-refractivity contribution in [3.05, 3.63) is 65.9 Å². The van der Waals surface area contributed by atoms with Gasteiger partial charge in [0, 0.05) is 38.1 Å². The van der Waals surface area contributed by atoms with Crippen molar-refractivity contribution in [3.8, 4) is 5.95 Å². The van der Waals surface area contributed by atoms with Crippen molar-refractivity contribution in [2.45, 2.75) is 52.1 Å². The second-order valence-corrected chi connectivity index (χ2v) is 9.67. The first-order valence-electron chi connectivity index (χ1n) is 13.0. The Balaban J connectivity index is 1.61. The molecule has 1 fully saturated rings. The van der Waals surface area contributed by atoms with Crippen LogP contribution < -0.4 is 10.2 Å². The number of carbonyl (C=O) groups excluding carboxylic acids is 2. The normalized spacial score (nSPS) is 15.5. The zero-order valence-corrected chi connectivity index (χ0v) is 22.3. The fourth-order valence-corrected chi connectivity index (χ4v) is 4.17. The highest BCUT2D eigenvalue weighted by Crippen LogP contribution is 2.24. The average Bonchev–Trinajstić information content (AvgIpc) is 3.48. The third-order valence-corrected chi connectivity index (χ3v) is 6.46. The van der Waals surface area contributed by atoms with Gasteiger partial charge in [0.25, 0.3) is 0 Å². The minimum absolute atomic E-state index is 0.0113. The van der Waals surface area contributed by atoms with Gasteiger partial charge in [0.05, 0.1) is 18.8 Å². The lowest BCUT2D eigenvalue weighted by Crippen LogP contribution is -2.60. The number of halogens is 2. The smallest absolute Gasteiger partial charge is 0.409 e. The van der Waals surface area contributed by atoms with E-state index in [1.165, 1.54) is 11.0 Å². The summed E-state index contributed by atoms with van der Waals surface area (Å²) in [4.78, 5) is 43.0. The number of rotatable bonds is 9. The monoisotopic (exact) mass is 541 g/mol. The van der Waals surface area contributed by atoms with E-state index >= 15 is 0 Å². The molecule has 0 bridgehead atoms. The Morgan fingerprint density at radius 1 is 1.15 bits per heavy atom. The van der Waals surface area contributed by atoms with Crippen molar-refractivity contribution in [1.82, 2.24) is 29.7 Å². The number of nitrogens with zero attached hydrogens (tertiary/aromatic N) is 6. The number of piperazine rings is 1. The fourth-order valence-electron chi connectivity index (χ4n) is 4.17. The van der Waals surface area contributed by atoms with E-state index in [4.69, 9.17) is 9.72 Å². The van der Waals surface area contributed by atoms with Gasteiger partial charge in [-0.05, 0) is 30.0 Å². The molecule has 1 aliphatic rings. The predicted octanol–water partition coefficient (Wildman–Crippen LogP) is 3.81. The fraction of sp³-hybridized carbons (Fsp3) is 0.444. The number of amides is 2. The molecular weight excluding hydrogens is 508 g/mol. The summed E-state index contributed by atoms with van der Waals surface area (Å²) in [5.74, 6) is -1.31. The summed E-state index contributed by atoms with van der Waals surface area (Å²) >= 11 is 0. The van der Waals surface area contributed by atoms with Gasteiger partial charge >= 0.3 is 6.09 Å². The largest absolute Gasteiger partial charge is 0.449 e. The van der Waals surface area contributed by atoms with Crippen LogP contribution in [-0.4, -0.2) is 68.7 Å². The van der Waals surface area contributed by atoms with E-state index in [0.29, 0.717) is 37.0 Å². The molecule has 0 radical (unpaired) electrons. The van der Waals surface area contributed by atoms with Crippen molar-refractivity contribution < 1.29 is 23.1 Å². The van der Waals surface area contributed by atoms with Crippen molar-refractivity contribution >= 4 is 17.8 Å². The number of nitrogens with one attached hydrogen (secondary N) is 1. The average molecular weight is 542 g/mol. The van der Waals surface area contributed by atoms with E-state index < -0.39 is 23.8 Å². The second kappa shape index (κ2) is 12.6. The topological polar surface area (TPSA) is 105 Å². The third-order valence-electron chi connectivity index (χ3n) is 6.46. The number of ether oxygens (including phenoxy) is 1. The molecule has 3 aromatic rings. The van der Waals surface area contributed by atoms with E-state index in [0.717, 1.165) is 30.7 Å². The molecule has 208 valence electrons. The summed E-state index contributed by atoms with van der Waals surface area (Å²) in [7, 11) is 0. The van der Waals surface area contributed by atoms with Crippen LogP contribution in [0.3, 0.4) is 0 Å². The maximum atomic E-state index is 13.7. The van der Waals surface area contributed by atoms with E-state index in [2.05, 4.69) is 15.3 Å². The molecule has 2 aromatic heterocycles. The van der Waals surface area contributed by atoms with E-state index in [1.54, 1.807) is 23.3 Å². The van der Waals surface area contributed by atoms with Crippen LogP contribution in [0.5, 0.6) is 0 Å². The highest BCUT2D eigenvalue weighted by Gasteiger charge is 2.36. The minimum Gasteiger partial charge on any atom is -0.449 e. The maximum absolute atomic E-state index is 13.7. The van der Waals surface area contributed by atoms with Crippen molar-refractivity contribution in [2.75, 3.05) is 31.1 Å². The molecule has 1 saturated heterocycles. The van der Waals surface area contributed by atoms with E-state index in [9.17, 15) is 18.4 Å². The quantitative estimate of drug-likeness (QED) is 0.411. The van der Waals surface area contributed by atoms with Gasteiger partial charge in [0.15, 0.2) is 11.6 Å². The molecule has 1 atom stereocenters. The molecule has 1 aromatic carbocycles. The van der Waals surface area contributed by atoms with Gasteiger partial charge in [-0.15, -0.1) is 0 Å². The Kier molecular flexibility index (Phi) is 9.05. The Hall–Kier alpha value is -4.09. The van der Waals surface area contributed by atoms with E-state index in [1.807, 2.05) is 31.7 Å². The first kappa shape index (κ1) is 27.9. The number of imidazole rings is 1. The van der Waals surface area contributed by atoms with Gasteiger partial charge in [0.1, 0.15) is 18.2 Å². The molecule has 1 N–H and O–H groups in total. The highest BCUT2D eigenvalue weighted by atomic mass is 19.2. The van der Waals surface area contributed by atoms with Crippen LogP contribution in [-0.2, 0) is 16.1 Å². The molecule has 0 saturated carbocycles. The summed E-state index contributed by atoms with van der Waals surface area (Å²) < 4.78 is 34.1. The van der Waals surface area contributed by atoms with Crippen LogP contribution >= 0.6 is 0 Å². The Morgan fingerprint density at radius 3 is 2.67 bits per heavy atom. The van der Waals surface area contributed by atoms with Gasteiger partial charge in [-0.1, -0.05) is 33.3 Å². The number of carbonyl (C=O) groups is 2. The summed E-state index contributed by atoms with van der Waals surface area (Å²) in [6, 6.07) is 4.50. The maximum Gasteiger partial charge on any atom is 0.409 e. The number of unbranched alkanes of at least 4 members (excludes halogenated alkanes) is 1. The standard InChI is InChI=1S/C27H33F2N7O3/c1-4-5-12-39-27(38)34-10-11-36(23(16-34)25(37)31-15-19-6-7-20(28)21(29)13-19)24-14-22(18(2)3)32-26(33-24)35-9-8-30-17-35/h6-9,13-14,17-18,23H,4-5,10-12,15-16H2,1-3H3,(H,31,37).